The highest BCUT2D eigenvalue weighted by molar-refractivity contribution is 7.92. The first kappa shape index (κ1) is 26.4. The van der Waals surface area contributed by atoms with Gasteiger partial charge in [-0.2, -0.15) is 0 Å². The maximum absolute atomic E-state index is 13.6. The molecule has 0 bridgehead atoms. The fourth-order valence-electron chi connectivity index (χ4n) is 3.68. The molecule has 3 aromatic rings. The van der Waals surface area contributed by atoms with Gasteiger partial charge in [0.2, 0.25) is 5.91 Å². The van der Waals surface area contributed by atoms with Crippen LogP contribution in [-0.4, -0.2) is 35.1 Å². The number of carbonyl (C=O) groups excluding carboxylic acids is 1. The van der Waals surface area contributed by atoms with Gasteiger partial charge in [-0.1, -0.05) is 35.4 Å². The summed E-state index contributed by atoms with van der Waals surface area (Å²) in [7, 11) is -0.969. The van der Waals surface area contributed by atoms with Crippen molar-refractivity contribution in [3.63, 3.8) is 0 Å². The van der Waals surface area contributed by atoms with Crippen molar-refractivity contribution in [3.8, 4) is 11.5 Å². The Morgan fingerprint density at radius 2 is 1.71 bits per heavy atom. The molecule has 0 spiro atoms. The Hall–Kier alpha value is -3.23. The van der Waals surface area contributed by atoms with Crippen LogP contribution in [0.15, 0.2) is 65.6 Å². The van der Waals surface area contributed by atoms with Crippen LogP contribution in [0.2, 0.25) is 5.02 Å². The van der Waals surface area contributed by atoms with Crippen molar-refractivity contribution in [1.29, 1.82) is 0 Å². The van der Waals surface area contributed by atoms with Gasteiger partial charge in [0, 0.05) is 10.6 Å². The number of anilines is 1. The van der Waals surface area contributed by atoms with Crippen LogP contribution in [0.25, 0.3) is 0 Å². The number of amides is 1. The second kappa shape index (κ2) is 11.0. The Balaban J connectivity index is 1.96. The zero-order valence-corrected chi connectivity index (χ0v) is 21.9. The molecule has 0 heterocycles. The quantitative estimate of drug-likeness (QED) is 0.430. The Kier molecular flexibility index (Phi) is 8.30. The minimum absolute atomic E-state index is 0.0813. The highest BCUT2D eigenvalue weighted by atomic mass is 35.5. The molecule has 3 aromatic carbocycles. The highest BCUT2D eigenvalue weighted by Crippen LogP contribution is 2.32. The molecule has 186 valence electrons. The minimum atomic E-state index is -4.06. The fourth-order valence-corrected chi connectivity index (χ4v) is 5.32. The Morgan fingerprint density at radius 1 is 1.03 bits per heavy atom. The molecular weight excluding hydrogens is 488 g/mol. The second-order valence-electron chi connectivity index (χ2n) is 8.11. The molecule has 0 aliphatic heterocycles. The summed E-state index contributed by atoms with van der Waals surface area (Å²) in [5.74, 6) is 0.700. The van der Waals surface area contributed by atoms with Crippen molar-refractivity contribution in [2.45, 2.75) is 31.7 Å². The lowest BCUT2D eigenvalue weighted by Gasteiger charge is -2.27. The molecule has 3 rings (SSSR count). The lowest BCUT2D eigenvalue weighted by molar-refractivity contribution is -0.120. The summed E-state index contributed by atoms with van der Waals surface area (Å²) in [4.78, 5) is 13.3. The smallest absolute Gasteiger partial charge is 0.264 e. The number of nitrogens with one attached hydrogen (secondary N) is 1. The zero-order valence-electron chi connectivity index (χ0n) is 20.3. The highest BCUT2D eigenvalue weighted by Gasteiger charge is 2.29. The molecule has 1 N–H and O–H groups in total. The predicted molar refractivity (Wildman–Crippen MR) is 138 cm³/mol. The first-order valence-corrected chi connectivity index (χ1v) is 12.8. The van der Waals surface area contributed by atoms with Gasteiger partial charge in [-0.25, -0.2) is 8.42 Å². The average molecular weight is 517 g/mol. The van der Waals surface area contributed by atoms with Crippen LogP contribution in [0.3, 0.4) is 0 Å². The van der Waals surface area contributed by atoms with Crippen LogP contribution in [-0.2, 0) is 14.8 Å². The Labute approximate surface area is 211 Å². The van der Waals surface area contributed by atoms with E-state index in [0.717, 1.165) is 9.87 Å². The number of carbonyl (C=O) groups is 1. The number of sulfonamides is 1. The molecule has 0 unspecified atom stereocenters. The largest absolute Gasteiger partial charge is 0.497 e. The molecule has 0 saturated heterocycles. The third-order valence-corrected chi connectivity index (χ3v) is 7.87. The van der Waals surface area contributed by atoms with Crippen molar-refractivity contribution in [1.82, 2.24) is 5.32 Å². The molecule has 0 saturated carbocycles. The number of methoxy groups -OCH3 is 2. The van der Waals surface area contributed by atoms with Gasteiger partial charge in [0.05, 0.1) is 30.8 Å². The van der Waals surface area contributed by atoms with Gasteiger partial charge >= 0.3 is 0 Å². The van der Waals surface area contributed by atoms with Gasteiger partial charge in [-0.15, -0.1) is 0 Å². The van der Waals surface area contributed by atoms with E-state index >= 15 is 0 Å². The van der Waals surface area contributed by atoms with E-state index < -0.39 is 28.5 Å². The summed E-state index contributed by atoms with van der Waals surface area (Å²) in [5, 5.41) is 3.28. The van der Waals surface area contributed by atoms with Crippen molar-refractivity contribution >= 4 is 33.2 Å². The molecule has 35 heavy (non-hydrogen) atoms. The van der Waals surface area contributed by atoms with E-state index in [4.69, 9.17) is 21.1 Å². The first-order valence-electron chi connectivity index (χ1n) is 10.9. The van der Waals surface area contributed by atoms with E-state index in [2.05, 4.69) is 5.32 Å². The van der Waals surface area contributed by atoms with Crippen molar-refractivity contribution in [3.05, 3.63) is 82.4 Å². The predicted octanol–water partition coefficient (Wildman–Crippen LogP) is 5.05. The lowest BCUT2D eigenvalue weighted by atomic mass is 10.1. The molecule has 0 aromatic heterocycles. The van der Waals surface area contributed by atoms with E-state index in [9.17, 15) is 13.2 Å². The number of nitrogens with zero attached hydrogens (tertiary/aromatic N) is 1. The van der Waals surface area contributed by atoms with Gasteiger partial charge in [0.1, 0.15) is 18.0 Å². The fraction of sp³-hybridized carbons (Fsp3) is 0.269. The summed E-state index contributed by atoms with van der Waals surface area (Å²) in [6.07, 6.45) is 0. The van der Waals surface area contributed by atoms with Crippen molar-refractivity contribution < 1.29 is 22.7 Å². The third kappa shape index (κ3) is 5.89. The minimum Gasteiger partial charge on any atom is -0.497 e. The Bertz CT molecular complexity index is 1310. The first-order chi connectivity index (χ1) is 16.6. The normalized spacial score (nSPS) is 12.1. The van der Waals surface area contributed by atoms with Crippen LogP contribution >= 0.6 is 11.6 Å². The molecule has 9 heteroatoms. The van der Waals surface area contributed by atoms with Gasteiger partial charge in [-0.3, -0.25) is 9.10 Å². The lowest BCUT2D eigenvalue weighted by Crippen LogP contribution is -2.42. The van der Waals surface area contributed by atoms with Crippen LogP contribution < -0.4 is 19.1 Å². The van der Waals surface area contributed by atoms with Crippen LogP contribution in [0.5, 0.6) is 11.5 Å². The molecule has 0 aliphatic rings. The number of hydrogen-bond donors (Lipinski definition) is 1. The maximum Gasteiger partial charge on any atom is 0.264 e. The number of rotatable bonds is 9. The average Bonchev–Trinajstić information content (AvgIpc) is 2.84. The monoisotopic (exact) mass is 516 g/mol. The van der Waals surface area contributed by atoms with Crippen molar-refractivity contribution in [2.24, 2.45) is 0 Å². The van der Waals surface area contributed by atoms with E-state index in [1.54, 1.807) is 69.5 Å². The molecule has 1 amide bonds. The molecule has 0 aliphatic carbocycles. The Morgan fingerprint density at radius 3 is 2.34 bits per heavy atom. The van der Waals surface area contributed by atoms with Gasteiger partial charge in [0.25, 0.3) is 10.0 Å². The van der Waals surface area contributed by atoms with E-state index in [1.165, 1.54) is 19.2 Å². The number of benzene rings is 3. The molecule has 0 fully saturated rings. The van der Waals surface area contributed by atoms with Gasteiger partial charge in [0.15, 0.2) is 0 Å². The summed E-state index contributed by atoms with van der Waals surface area (Å²) in [6.45, 7) is 4.95. The van der Waals surface area contributed by atoms with Crippen molar-refractivity contribution in [2.75, 3.05) is 25.1 Å². The summed E-state index contributed by atoms with van der Waals surface area (Å²) in [5.41, 5.74) is 2.51. The summed E-state index contributed by atoms with van der Waals surface area (Å²) in [6, 6.07) is 16.3. The topological polar surface area (TPSA) is 84.9 Å². The summed E-state index contributed by atoms with van der Waals surface area (Å²) >= 11 is 6.29. The molecular formula is C26H29ClN2O5S. The van der Waals surface area contributed by atoms with E-state index in [-0.39, 0.29) is 4.90 Å². The van der Waals surface area contributed by atoms with Gasteiger partial charge in [-0.05, 0) is 68.8 Å². The standard InChI is InChI=1S/C26H29ClN2O5S/c1-17-9-12-21(13-10-17)35(31,32)29(24-8-6-7-23(27)18(24)2)16-26(30)28-19(3)22-15-20(33-4)11-14-25(22)34-5/h6-15,19H,16H2,1-5H3,(H,28,30)/t19-/m1/s1. The number of halogens is 1. The van der Waals surface area contributed by atoms with E-state index in [0.29, 0.717) is 33.3 Å². The van der Waals surface area contributed by atoms with Gasteiger partial charge < -0.3 is 14.8 Å². The SMILES string of the molecule is COc1ccc(OC)c([C@@H](C)NC(=O)CN(c2cccc(Cl)c2C)S(=O)(=O)c2ccc(C)cc2)c1. The number of hydrogen-bond acceptors (Lipinski definition) is 5. The number of aryl methyl sites for hydroxylation is 1. The summed E-state index contributed by atoms with van der Waals surface area (Å²) < 4.78 is 39.1. The van der Waals surface area contributed by atoms with E-state index in [1.807, 2.05) is 6.92 Å². The van der Waals surface area contributed by atoms with Crippen LogP contribution in [0.1, 0.15) is 29.7 Å². The third-order valence-electron chi connectivity index (χ3n) is 5.68. The zero-order chi connectivity index (χ0) is 25.8. The molecule has 0 radical (unpaired) electrons. The number of ether oxygens (including phenoxy) is 2. The molecule has 7 nitrogen and oxygen atoms in total. The van der Waals surface area contributed by atoms with Crippen LogP contribution in [0, 0.1) is 13.8 Å². The maximum atomic E-state index is 13.6. The van der Waals surface area contributed by atoms with Crippen LogP contribution in [0.4, 0.5) is 5.69 Å². The molecule has 1 atom stereocenters. The second-order valence-corrected chi connectivity index (χ2v) is 10.4.